The zero-order valence-electron chi connectivity index (χ0n) is 11.2. The van der Waals surface area contributed by atoms with Crippen molar-refractivity contribution in [3.8, 4) is 0 Å². The number of nitrogens with two attached hydrogens (primary N) is 1. The molecule has 0 atom stereocenters. The van der Waals surface area contributed by atoms with Crippen LogP contribution in [0.5, 0.6) is 0 Å². The van der Waals surface area contributed by atoms with Gasteiger partial charge in [-0.05, 0) is 44.2 Å². The van der Waals surface area contributed by atoms with Gasteiger partial charge in [-0.15, -0.1) is 0 Å². The molecule has 0 bridgehead atoms. The number of fused-ring (bicyclic) bond motifs is 1. The van der Waals surface area contributed by atoms with E-state index in [1.54, 1.807) is 5.56 Å². The summed E-state index contributed by atoms with van der Waals surface area (Å²) >= 11 is 0. The molecule has 2 aliphatic rings. The summed E-state index contributed by atoms with van der Waals surface area (Å²) in [5, 5.41) is 1.42. The molecule has 1 aromatic heterocycles. The maximum Gasteiger partial charge on any atom is 0.0482 e. The van der Waals surface area contributed by atoms with E-state index in [1.165, 1.54) is 42.3 Å². The van der Waals surface area contributed by atoms with Crippen LogP contribution in [0.15, 0.2) is 24.3 Å². The first-order valence-electron chi connectivity index (χ1n) is 6.92. The molecule has 2 nitrogen and oxygen atoms in total. The highest BCUT2D eigenvalue weighted by molar-refractivity contribution is 5.87. The molecule has 0 spiro atoms. The standard InChI is InChI=1S/C16H20N2/c1-11-14(15(7-8-15)16(17)9-10-16)12-5-3-4-6-13(12)18(11)2/h3-6H,7-10,17H2,1-2H3. The van der Waals surface area contributed by atoms with Crippen LogP contribution in [0.4, 0.5) is 0 Å². The third-order valence-electron chi connectivity index (χ3n) is 5.37. The average molecular weight is 240 g/mol. The molecule has 0 radical (unpaired) electrons. The Hall–Kier alpha value is -1.28. The fourth-order valence-corrected chi connectivity index (χ4v) is 3.86. The molecular formula is C16H20N2. The summed E-state index contributed by atoms with van der Waals surface area (Å²) in [4.78, 5) is 0. The largest absolute Gasteiger partial charge is 0.348 e. The monoisotopic (exact) mass is 240 g/mol. The van der Waals surface area contributed by atoms with Crippen LogP contribution in [0, 0.1) is 6.92 Å². The Morgan fingerprint density at radius 1 is 1.11 bits per heavy atom. The van der Waals surface area contributed by atoms with E-state index in [1.807, 2.05) is 0 Å². The van der Waals surface area contributed by atoms with Gasteiger partial charge in [-0.3, -0.25) is 0 Å². The Bertz CT molecular complexity index is 642. The number of nitrogens with zero attached hydrogens (tertiary/aromatic N) is 1. The third kappa shape index (κ3) is 1.08. The predicted molar refractivity (Wildman–Crippen MR) is 74.7 cm³/mol. The van der Waals surface area contributed by atoms with E-state index < -0.39 is 0 Å². The molecule has 2 aromatic rings. The third-order valence-corrected chi connectivity index (χ3v) is 5.37. The molecule has 4 rings (SSSR count). The number of hydrogen-bond donors (Lipinski definition) is 1. The lowest BCUT2D eigenvalue weighted by molar-refractivity contribution is 0.502. The van der Waals surface area contributed by atoms with Gasteiger partial charge in [0.05, 0.1) is 0 Å². The van der Waals surface area contributed by atoms with Crippen LogP contribution in [0.2, 0.25) is 0 Å². The van der Waals surface area contributed by atoms with Crippen molar-refractivity contribution in [2.75, 3.05) is 0 Å². The fourth-order valence-electron chi connectivity index (χ4n) is 3.86. The van der Waals surface area contributed by atoms with Crippen LogP contribution in [-0.2, 0) is 12.5 Å². The number of rotatable bonds is 2. The first-order chi connectivity index (χ1) is 8.59. The molecule has 2 heteroatoms. The minimum atomic E-state index is 0.0991. The van der Waals surface area contributed by atoms with Crippen LogP contribution in [0.25, 0.3) is 10.9 Å². The van der Waals surface area contributed by atoms with Crippen molar-refractivity contribution in [3.05, 3.63) is 35.5 Å². The molecule has 94 valence electrons. The Morgan fingerprint density at radius 3 is 2.39 bits per heavy atom. The predicted octanol–water partition coefficient (Wildman–Crippen LogP) is 3.01. The van der Waals surface area contributed by atoms with Gasteiger partial charge >= 0.3 is 0 Å². The van der Waals surface area contributed by atoms with Gasteiger partial charge < -0.3 is 10.3 Å². The zero-order chi connectivity index (χ0) is 12.5. The van der Waals surface area contributed by atoms with Gasteiger partial charge in [0.15, 0.2) is 0 Å². The highest BCUT2D eigenvalue weighted by Crippen LogP contribution is 2.65. The van der Waals surface area contributed by atoms with Crippen molar-refractivity contribution in [3.63, 3.8) is 0 Å². The minimum absolute atomic E-state index is 0.0991. The lowest BCUT2D eigenvalue weighted by Crippen LogP contribution is -2.37. The Kier molecular flexibility index (Phi) is 1.77. The van der Waals surface area contributed by atoms with E-state index >= 15 is 0 Å². The molecule has 1 heterocycles. The molecule has 2 aliphatic carbocycles. The topological polar surface area (TPSA) is 30.9 Å². The van der Waals surface area contributed by atoms with Gasteiger partial charge in [-0.25, -0.2) is 0 Å². The van der Waals surface area contributed by atoms with Crippen LogP contribution in [0.3, 0.4) is 0 Å². The molecule has 18 heavy (non-hydrogen) atoms. The highest BCUT2D eigenvalue weighted by atomic mass is 15.0. The second-order valence-corrected chi connectivity index (χ2v) is 6.27. The Balaban J connectivity index is 2.04. The zero-order valence-corrected chi connectivity index (χ0v) is 11.2. The first-order valence-corrected chi connectivity index (χ1v) is 6.92. The summed E-state index contributed by atoms with van der Waals surface area (Å²) in [5.41, 5.74) is 11.3. The summed E-state index contributed by atoms with van der Waals surface area (Å²) in [6.07, 6.45) is 4.96. The number of aromatic nitrogens is 1. The summed E-state index contributed by atoms with van der Waals surface area (Å²) in [6.45, 7) is 2.25. The molecule has 0 aliphatic heterocycles. The van der Waals surface area contributed by atoms with Gasteiger partial charge in [0.1, 0.15) is 0 Å². The summed E-state index contributed by atoms with van der Waals surface area (Å²) in [7, 11) is 2.17. The quantitative estimate of drug-likeness (QED) is 0.859. The van der Waals surface area contributed by atoms with E-state index in [2.05, 4.69) is 42.8 Å². The van der Waals surface area contributed by atoms with Crippen LogP contribution in [-0.4, -0.2) is 10.1 Å². The van der Waals surface area contributed by atoms with Crippen LogP contribution >= 0.6 is 0 Å². The molecule has 2 saturated carbocycles. The van der Waals surface area contributed by atoms with Gasteiger partial charge in [-0.1, -0.05) is 18.2 Å². The SMILES string of the molecule is Cc1c(C2(C3(N)CC3)CC2)c2ccccc2n1C. The van der Waals surface area contributed by atoms with E-state index in [0.29, 0.717) is 0 Å². The maximum atomic E-state index is 6.58. The molecular weight excluding hydrogens is 220 g/mol. The molecule has 0 amide bonds. The lowest BCUT2D eigenvalue weighted by Gasteiger charge is -2.24. The van der Waals surface area contributed by atoms with Crippen LogP contribution in [0.1, 0.15) is 36.9 Å². The van der Waals surface area contributed by atoms with E-state index in [4.69, 9.17) is 5.73 Å². The summed E-state index contributed by atoms with van der Waals surface area (Å²) in [6, 6.07) is 8.76. The number of para-hydroxylation sites is 1. The second-order valence-electron chi connectivity index (χ2n) is 6.27. The number of aryl methyl sites for hydroxylation is 1. The minimum Gasteiger partial charge on any atom is -0.348 e. The van der Waals surface area contributed by atoms with E-state index in [0.717, 1.165) is 0 Å². The molecule has 2 fully saturated rings. The van der Waals surface area contributed by atoms with Crippen molar-refractivity contribution < 1.29 is 0 Å². The molecule has 0 unspecified atom stereocenters. The number of benzene rings is 1. The van der Waals surface area contributed by atoms with E-state index in [9.17, 15) is 0 Å². The van der Waals surface area contributed by atoms with Crippen molar-refractivity contribution in [2.45, 2.75) is 43.6 Å². The fraction of sp³-hybridized carbons (Fsp3) is 0.500. The van der Waals surface area contributed by atoms with Gasteiger partial charge in [0.2, 0.25) is 0 Å². The van der Waals surface area contributed by atoms with Gasteiger partial charge in [0.25, 0.3) is 0 Å². The van der Waals surface area contributed by atoms with Crippen molar-refractivity contribution in [1.29, 1.82) is 0 Å². The maximum absolute atomic E-state index is 6.58. The van der Waals surface area contributed by atoms with Gasteiger partial charge in [-0.2, -0.15) is 0 Å². The molecule has 2 N–H and O–H groups in total. The highest BCUT2D eigenvalue weighted by Gasteiger charge is 2.65. The summed E-state index contributed by atoms with van der Waals surface area (Å²) in [5.74, 6) is 0. The van der Waals surface area contributed by atoms with Crippen molar-refractivity contribution in [1.82, 2.24) is 4.57 Å². The normalized spacial score (nSPS) is 23.3. The molecule has 0 saturated heterocycles. The Labute approximate surface area is 108 Å². The van der Waals surface area contributed by atoms with Gasteiger partial charge in [0, 0.05) is 34.6 Å². The average Bonchev–Trinajstić information content (AvgIpc) is 3.26. The molecule has 1 aromatic carbocycles. The van der Waals surface area contributed by atoms with E-state index in [-0.39, 0.29) is 11.0 Å². The van der Waals surface area contributed by atoms with Crippen molar-refractivity contribution in [2.24, 2.45) is 12.8 Å². The van der Waals surface area contributed by atoms with Crippen LogP contribution < -0.4 is 5.73 Å². The van der Waals surface area contributed by atoms with Crippen molar-refractivity contribution >= 4 is 10.9 Å². The second kappa shape index (κ2) is 3.00. The smallest absolute Gasteiger partial charge is 0.0482 e. The number of hydrogen-bond acceptors (Lipinski definition) is 1. The Morgan fingerprint density at radius 2 is 1.78 bits per heavy atom. The summed E-state index contributed by atoms with van der Waals surface area (Å²) < 4.78 is 2.33. The first kappa shape index (κ1) is 10.6. The lowest BCUT2D eigenvalue weighted by atomic mass is 9.84.